The van der Waals surface area contributed by atoms with Gasteiger partial charge in [0.05, 0.1) is 18.8 Å². The number of halogens is 2. The van der Waals surface area contributed by atoms with Crippen molar-refractivity contribution in [2.24, 2.45) is 10.9 Å². The Balaban J connectivity index is 3.27. The topological polar surface area (TPSA) is 82.1 Å². The third-order valence-corrected chi connectivity index (χ3v) is 2.67. The maximum Gasteiger partial charge on any atom is 0.255 e. The molecule has 0 aliphatic rings. The molecule has 1 aromatic rings. The molecule has 0 radical (unpaired) electrons. The van der Waals surface area contributed by atoms with Crippen LogP contribution in [0.1, 0.15) is 11.1 Å². The number of aryl methyl sites for hydroxylation is 1. The molecule has 1 rings (SSSR count). The standard InChI is InChI=1S/C12H17F2N3O2/c1-8-3-2-4-9(12(15)16-19)11(8)17(5-6-18)7-10(13)14/h2-4,10,18-19H,5-7H2,1H3,(H2,15,16). The number of para-hydroxylation sites is 1. The van der Waals surface area contributed by atoms with E-state index in [2.05, 4.69) is 5.16 Å². The first-order chi connectivity index (χ1) is 9.01. The van der Waals surface area contributed by atoms with Crippen LogP contribution in [0.4, 0.5) is 14.5 Å². The van der Waals surface area contributed by atoms with Gasteiger partial charge in [0.1, 0.15) is 0 Å². The van der Waals surface area contributed by atoms with Crippen LogP contribution in [0, 0.1) is 6.92 Å². The van der Waals surface area contributed by atoms with Crippen LogP contribution in [0.15, 0.2) is 23.4 Å². The van der Waals surface area contributed by atoms with E-state index >= 15 is 0 Å². The van der Waals surface area contributed by atoms with E-state index in [1.54, 1.807) is 25.1 Å². The molecule has 5 nitrogen and oxygen atoms in total. The lowest BCUT2D eigenvalue weighted by Crippen LogP contribution is -2.34. The number of aliphatic hydroxyl groups is 1. The van der Waals surface area contributed by atoms with Gasteiger partial charge in [0, 0.05) is 12.1 Å². The summed E-state index contributed by atoms with van der Waals surface area (Å²) in [5.41, 5.74) is 7.05. The van der Waals surface area contributed by atoms with Crippen molar-refractivity contribution in [1.82, 2.24) is 0 Å². The lowest BCUT2D eigenvalue weighted by Gasteiger charge is -2.27. The SMILES string of the molecule is Cc1cccc(/C(N)=N/O)c1N(CCO)CC(F)F. The van der Waals surface area contributed by atoms with Crippen molar-refractivity contribution in [3.63, 3.8) is 0 Å². The fourth-order valence-corrected chi connectivity index (χ4v) is 1.92. The minimum atomic E-state index is -2.55. The molecule has 7 heteroatoms. The highest BCUT2D eigenvalue weighted by Crippen LogP contribution is 2.25. The molecular weight excluding hydrogens is 256 g/mol. The Morgan fingerprint density at radius 1 is 1.47 bits per heavy atom. The minimum absolute atomic E-state index is 0.0426. The molecule has 0 aliphatic heterocycles. The summed E-state index contributed by atoms with van der Waals surface area (Å²) in [7, 11) is 0. The number of rotatable bonds is 6. The van der Waals surface area contributed by atoms with Crippen LogP contribution in [0.5, 0.6) is 0 Å². The van der Waals surface area contributed by atoms with Crippen molar-refractivity contribution >= 4 is 11.5 Å². The number of amidine groups is 1. The first kappa shape index (κ1) is 15.2. The van der Waals surface area contributed by atoms with Crippen molar-refractivity contribution in [2.45, 2.75) is 13.3 Å². The summed E-state index contributed by atoms with van der Waals surface area (Å²) in [4.78, 5) is 1.33. The molecule has 0 amide bonds. The predicted octanol–water partition coefficient (Wildman–Crippen LogP) is 1.15. The van der Waals surface area contributed by atoms with Crippen LogP contribution in [0.25, 0.3) is 0 Å². The molecule has 0 bridgehead atoms. The van der Waals surface area contributed by atoms with Crippen molar-refractivity contribution in [3.8, 4) is 0 Å². The highest BCUT2D eigenvalue weighted by atomic mass is 19.3. The van der Waals surface area contributed by atoms with Gasteiger partial charge >= 0.3 is 0 Å². The Labute approximate surface area is 109 Å². The summed E-state index contributed by atoms with van der Waals surface area (Å²) in [5, 5.41) is 20.6. The fourth-order valence-electron chi connectivity index (χ4n) is 1.92. The molecule has 0 unspecified atom stereocenters. The Bertz CT molecular complexity index is 453. The molecule has 0 spiro atoms. The van der Waals surface area contributed by atoms with Gasteiger partial charge in [0.25, 0.3) is 6.43 Å². The second-order valence-corrected chi connectivity index (χ2v) is 4.02. The third-order valence-electron chi connectivity index (χ3n) is 2.67. The summed E-state index contributed by atoms with van der Waals surface area (Å²) >= 11 is 0. The van der Waals surface area contributed by atoms with Gasteiger partial charge < -0.3 is 20.9 Å². The molecule has 0 saturated heterocycles. The average molecular weight is 273 g/mol. The summed E-state index contributed by atoms with van der Waals surface area (Å²) < 4.78 is 25.2. The fraction of sp³-hybridized carbons (Fsp3) is 0.417. The van der Waals surface area contributed by atoms with Crippen LogP contribution in [-0.4, -0.2) is 42.3 Å². The summed E-state index contributed by atoms with van der Waals surface area (Å²) in [5.74, 6) is -0.157. The number of nitrogens with two attached hydrogens (primary N) is 1. The lowest BCUT2D eigenvalue weighted by molar-refractivity contribution is 0.152. The Morgan fingerprint density at radius 2 is 2.16 bits per heavy atom. The van der Waals surface area contributed by atoms with Gasteiger partial charge in [-0.05, 0) is 18.6 Å². The molecule has 0 aliphatic carbocycles. The van der Waals surface area contributed by atoms with E-state index in [9.17, 15) is 8.78 Å². The zero-order chi connectivity index (χ0) is 14.4. The van der Waals surface area contributed by atoms with Gasteiger partial charge in [-0.1, -0.05) is 17.3 Å². The number of aliphatic hydroxyl groups excluding tert-OH is 1. The van der Waals surface area contributed by atoms with E-state index in [1.807, 2.05) is 0 Å². The molecule has 0 saturated carbocycles. The quantitative estimate of drug-likeness (QED) is 0.314. The molecule has 1 aromatic carbocycles. The van der Waals surface area contributed by atoms with Crippen LogP contribution in [0.2, 0.25) is 0 Å². The molecule has 0 atom stereocenters. The van der Waals surface area contributed by atoms with Crippen molar-refractivity contribution in [2.75, 3.05) is 24.6 Å². The van der Waals surface area contributed by atoms with Gasteiger partial charge in [-0.2, -0.15) is 0 Å². The van der Waals surface area contributed by atoms with E-state index in [0.29, 0.717) is 16.8 Å². The molecule has 0 aromatic heterocycles. The molecule has 19 heavy (non-hydrogen) atoms. The molecule has 4 N–H and O–H groups in total. The maximum absolute atomic E-state index is 12.6. The number of alkyl halides is 2. The number of hydrogen-bond donors (Lipinski definition) is 3. The minimum Gasteiger partial charge on any atom is -0.409 e. The predicted molar refractivity (Wildman–Crippen MR) is 69.0 cm³/mol. The Kier molecular flexibility index (Phi) is 5.50. The zero-order valence-corrected chi connectivity index (χ0v) is 10.6. The van der Waals surface area contributed by atoms with E-state index in [1.165, 1.54) is 4.90 Å². The van der Waals surface area contributed by atoms with Gasteiger partial charge in [-0.15, -0.1) is 0 Å². The monoisotopic (exact) mass is 273 g/mol. The number of nitrogens with zero attached hydrogens (tertiary/aromatic N) is 2. The van der Waals surface area contributed by atoms with Gasteiger partial charge in [-0.25, -0.2) is 8.78 Å². The Morgan fingerprint density at radius 3 is 2.68 bits per heavy atom. The highest BCUT2D eigenvalue weighted by molar-refractivity contribution is 6.02. The molecule has 0 fully saturated rings. The smallest absolute Gasteiger partial charge is 0.255 e. The van der Waals surface area contributed by atoms with E-state index in [4.69, 9.17) is 16.0 Å². The van der Waals surface area contributed by atoms with Crippen molar-refractivity contribution in [1.29, 1.82) is 0 Å². The second kappa shape index (κ2) is 6.89. The number of anilines is 1. The first-order valence-corrected chi connectivity index (χ1v) is 5.72. The van der Waals surface area contributed by atoms with E-state index in [-0.39, 0.29) is 19.0 Å². The van der Waals surface area contributed by atoms with Gasteiger partial charge in [0.15, 0.2) is 5.84 Å². The highest BCUT2D eigenvalue weighted by Gasteiger charge is 2.19. The summed E-state index contributed by atoms with van der Waals surface area (Å²) in [6.45, 7) is 0.980. The summed E-state index contributed by atoms with van der Waals surface area (Å²) in [6, 6.07) is 5.00. The molecule has 0 heterocycles. The first-order valence-electron chi connectivity index (χ1n) is 5.72. The second-order valence-electron chi connectivity index (χ2n) is 4.02. The van der Waals surface area contributed by atoms with E-state index in [0.717, 1.165) is 0 Å². The maximum atomic E-state index is 12.6. The number of oxime groups is 1. The van der Waals surface area contributed by atoms with Gasteiger partial charge in [-0.3, -0.25) is 0 Å². The van der Waals surface area contributed by atoms with Gasteiger partial charge in [0.2, 0.25) is 0 Å². The summed E-state index contributed by atoms with van der Waals surface area (Å²) in [6.07, 6.45) is -2.55. The van der Waals surface area contributed by atoms with Crippen LogP contribution < -0.4 is 10.6 Å². The van der Waals surface area contributed by atoms with Crippen LogP contribution in [-0.2, 0) is 0 Å². The van der Waals surface area contributed by atoms with Crippen LogP contribution >= 0.6 is 0 Å². The van der Waals surface area contributed by atoms with Crippen molar-refractivity contribution in [3.05, 3.63) is 29.3 Å². The third kappa shape index (κ3) is 3.78. The number of hydrogen-bond acceptors (Lipinski definition) is 4. The number of benzene rings is 1. The van der Waals surface area contributed by atoms with Crippen molar-refractivity contribution < 1.29 is 19.1 Å². The molecular formula is C12H17F2N3O2. The normalized spacial score (nSPS) is 11.9. The largest absolute Gasteiger partial charge is 0.409 e. The Hall–Kier alpha value is -1.89. The molecule has 106 valence electrons. The lowest BCUT2D eigenvalue weighted by atomic mass is 10.1. The van der Waals surface area contributed by atoms with Crippen LogP contribution in [0.3, 0.4) is 0 Å². The average Bonchev–Trinajstić information content (AvgIpc) is 2.36. The van der Waals surface area contributed by atoms with E-state index < -0.39 is 13.0 Å². The zero-order valence-electron chi connectivity index (χ0n) is 10.6.